The van der Waals surface area contributed by atoms with Crippen molar-refractivity contribution in [1.82, 2.24) is 10.3 Å². The molecule has 1 aromatic heterocycles. The van der Waals surface area contributed by atoms with Crippen LogP contribution >= 0.6 is 15.9 Å². The highest BCUT2D eigenvalue weighted by Crippen LogP contribution is 2.17. The molecule has 2 aromatic rings. The monoisotopic (exact) mass is 359 g/mol. The second-order valence-electron chi connectivity index (χ2n) is 4.39. The topological polar surface area (TPSA) is 71.1 Å². The van der Waals surface area contributed by atoms with Gasteiger partial charge in [-0.15, -0.1) is 6.58 Å². The number of anilines is 1. The Morgan fingerprint density at radius 3 is 2.73 bits per heavy atom. The molecule has 2 N–H and O–H groups in total. The lowest BCUT2D eigenvalue weighted by Crippen LogP contribution is -2.25. The lowest BCUT2D eigenvalue weighted by molar-refractivity contribution is 0.0959. The normalized spacial score (nSPS) is 9.86. The van der Waals surface area contributed by atoms with E-state index in [0.29, 0.717) is 27.8 Å². The molecule has 0 spiro atoms. The van der Waals surface area contributed by atoms with Crippen molar-refractivity contribution in [2.24, 2.45) is 0 Å². The van der Waals surface area contributed by atoms with Crippen LogP contribution in [0.5, 0.6) is 0 Å². The van der Waals surface area contributed by atoms with Gasteiger partial charge in [-0.25, -0.2) is 0 Å². The third-order valence-electron chi connectivity index (χ3n) is 2.79. The number of halogens is 1. The standard InChI is InChI=1S/C16H14BrN3O2/c1-2-7-19-16(22)13-5-3-4-6-14(13)20-15(21)11-8-12(17)10-18-9-11/h2-6,8-10H,1,7H2,(H,19,22)(H,20,21). The molecule has 0 aliphatic carbocycles. The fourth-order valence-corrected chi connectivity index (χ4v) is 2.15. The van der Waals surface area contributed by atoms with Crippen molar-refractivity contribution < 1.29 is 9.59 Å². The van der Waals surface area contributed by atoms with Gasteiger partial charge in [-0.1, -0.05) is 18.2 Å². The summed E-state index contributed by atoms with van der Waals surface area (Å²) in [6.07, 6.45) is 4.64. The maximum Gasteiger partial charge on any atom is 0.257 e. The zero-order valence-corrected chi connectivity index (χ0v) is 13.3. The Morgan fingerprint density at radius 1 is 1.23 bits per heavy atom. The van der Waals surface area contributed by atoms with Gasteiger partial charge in [-0.05, 0) is 34.1 Å². The van der Waals surface area contributed by atoms with Crippen LogP contribution in [0.3, 0.4) is 0 Å². The molecule has 0 aliphatic heterocycles. The number of nitrogens with one attached hydrogen (secondary N) is 2. The van der Waals surface area contributed by atoms with Crippen LogP contribution in [0, 0.1) is 0 Å². The number of amides is 2. The second-order valence-corrected chi connectivity index (χ2v) is 5.31. The maximum absolute atomic E-state index is 12.2. The molecule has 1 aromatic carbocycles. The van der Waals surface area contributed by atoms with Crippen LogP contribution in [-0.4, -0.2) is 23.3 Å². The van der Waals surface area contributed by atoms with Crippen molar-refractivity contribution in [1.29, 1.82) is 0 Å². The molecule has 0 saturated carbocycles. The van der Waals surface area contributed by atoms with Gasteiger partial charge in [0.1, 0.15) is 0 Å². The lowest BCUT2D eigenvalue weighted by Gasteiger charge is -2.10. The van der Waals surface area contributed by atoms with E-state index in [1.165, 1.54) is 6.20 Å². The molecule has 0 saturated heterocycles. The predicted molar refractivity (Wildman–Crippen MR) is 88.9 cm³/mol. The number of benzene rings is 1. The number of rotatable bonds is 5. The van der Waals surface area contributed by atoms with Gasteiger partial charge in [0.15, 0.2) is 0 Å². The number of pyridine rings is 1. The van der Waals surface area contributed by atoms with Crippen molar-refractivity contribution in [2.45, 2.75) is 0 Å². The number of hydrogen-bond acceptors (Lipinski definition) is 3. The van der Waals surface area contributed by atoms with E-state index in [4.69, 9.17) is 0 Å². The molecule has 0 fully saturated rings. The third kappa shape index (κ3) is 4.02. The highest BCUT2D eigenvalue weighted by Gasteiger charge is 2.13. The van der Waals surface area contributed by atoms with Crippen molar-refractivity contribution >= 4 is 33.4 Å². The highest BCUT2D eigenvalue weighted by atomic mass is 79.9. The molecule has 2 rings (SSSR count). The van der Waals surface area contributed by atoms with E-state index in [9.17, 15) is 9.59 Å². The molecule has 6 heteroatoms. The first-order valence-corrected chi connectivity index (χ1v) is 7.31. The third-order valence-corrected chi connectivity index (χ3v) is 3.23. The van der Waals surface area contributed by atoms with Crippen molar-refractivity contribution in [3.8, 4) is 0 Å². The molecule has 0 bridgehead atoms. The Bertz CT molecular complexity index is 716. The van der Waals surface area contributed by atoms with Gasteiger partial charge in [-0.3, -0.25) is 14.6 Å². The molecule has 112 valence electrons. The molecule has 22 heavy (non-hydrogen) atoms. The Kier molecular flexibility index (Phi) is 5.43. The van der Waals surface area contributed by atoms with Crippen LogP contribution in [-0.2, 0) is 0 Å². The van der Waals surface area contributed by atoms with Gasteiger partial charge in [0.2, 0.25) is 0 Å². The summed E-state index contributed by atoms with van der Waals surface area (Å²) in [6, 6.07) is 8.46. The van der Waals surface area contributed by atoms with Crippen molar-refractivity contribution in [3.05, 3.63) is 71.0 Å². The summed E-state index contributed by atoms with van der Waals surface area (Å²) < 4.78 is 0.706. The summed E-state index contributed by atoms with van der Waals surface area (Å²) in [6.45, 7) is 3.91. The van der Waals surface area contributed by atoms with Crippen LogP contribution in [0.15, 0.2) is 59.9 Å². The highest BCUT2D eigenvalue weighted by molar-refractivity contribution is 9.10. The van der Waals surface area contributed by atoms with Crippen LogP contribution < -0.4 is 10.6 Å². The fraction of sp³-hybridized carbons (Fsp3) is 0.0625. The molecular weight excluding hydrogens is 346 g/mol. The first-order valence-electron chi connectivity index (χ1n) is 6.52. The Morgan fingerprint density at radius 2 is 2.00 bits per heavy atom. The molecule has 0 unspecified atom stereocenters. The summed E-state index contributed by atoms with van der Waals surface area (Å²) >= 11 is 3.27. The second kappa shape index (κ2) is 7.51. The number of carbonyl (C=O) groups is 2. The zero-order valence-electron chi connectivity index (χ0n) is 11.7. The number of hydrogen-bond donors (Lipinski definition) is 2. The largest absolute Gasteiger partial charge is 0.349 e. The average Bonchev–Trinajstić information content (AvgIpc) is 2.53. The number of aromatic nitrogens is 1. The summed E-state index contributed by atoms with van der Waals surface area (Å²) in [5.41, 5.74) is 1.23. The van der Waals surface area contributed by atoms with E-state index in [1.54, 1.807) is 42.6 Å². The maximum atomic E-state index is 12.2. The van der Waals surface area contributed by atoms with E-state index in [0.717, 1.165) is 0 Å². The molecule has 0 atom stereocenters. The number of carbonyl (C=O) groups excluding carboxylic acids is 2. The van der Waals surface area contributed by atoms with Gasteiger partial charge < -0.3 is 10.6 Å². The van der Waals surface area contributed by atoms with Crippen LogP contribution in [0.25, 0.3) is 0 Å². The molecule has 0 aliphatic rings. The summed E-state index contributed by atoms with van der Waals surface area (Å²) in [4.78, 5) is 28.2. The van der Waals surface area contributed by atoms with Crippen LogP contribution in [0.4, 0.5) is 5.69 Å². The number of nitrogens with zero attached hydrogens (tertiary/aromatic N) is 1. The smallest absolute Gasteiger partial charge is 0.257 e. The predicted octanol–water partition coefficient (Wildman–Crippen LogP) is 3.01. The molecule has 1 heterocycles. The van der Waals surface area contributed by atoms with Crippen LogP contribution in [0.2, 0.25) is 0 Å². The van der Waals surface area contributed by atoms with E-state index in [-0.39, 0.29) is 11.8 Å². The van der Waals surface area contributed by atoms with E-state index < -0.39 is 0 Å². The first kappa shape index (κ1) is 15.9. The quantitative estimate of drug-likeness (QED) is 0.806. The van der Waals surface area contributed by atoms with E-state index in [2.05, 4.69) is 38.1 Å². The minimum atomic E-state index is -0.335. The summed E-state index contributed by atoms with van der Waals surface area (Å²) in [5, 5.41) is 5.41. The van der Waals surface area contributed by atoms with E-state index >= 15 is 0 Å². The molecular formula is C16H14BrN3O2. The van der Waals surface area contributed by atoms with Gasteiger partial charge in [-0.2, -0.15) is 0 Å². The van der Waals surface area contributed by atoms with E-state index in [1.807, 2.05) is 0 Å². The Balaban J connectivity index is 2.21. The first-order chi connectivity index (χ1) is 10.6. The van der Waals surface area contributed by atoms with Gasteiger partial charge >= 0.3 is 0 Å². The summed E-state index contributed by atoms with van der Waals surface area (Å²) in [7, 11) is 0. The zero-order chi connectivity index (χ0) is 15.9. The van der Waals surface area contributed by atoms with Crippen molar-refractivity contribution in [2.75, 3.05) is 11.9 Å². The van der Waals surface area contributed by atoms with Crippen LogP contribution in [0.1, 0.15) is 20.7 Å². The fourth-order valence-electron chi connectivity index (χ4n) is 1.78. The van der Waals surface area contributed by atoms with Gasteiger partial charge in [0.25, 0.3) is 11.8 Å². The Hall–Kier alpha value is -2.47. The molecule has 2 amide bonds. The molecule has 5 nitrogen and oxygen atoms in total. The molecule has 0 radical (unpaired) electrons. The minimum absolute atomic E-state index is 0.275. The van der Waals surface area contributed by atoms with Gasteiger partial charge in [0, 0.05) is 23.4 Å². The lowest BCUT2D eigenvalue weighted by atomic mass is 10.1. The minimum Gasteiger partial charge on any atom is -0.349 e. The SMILES string of the molecule is C=CCNC(=O)c1ccccc1NC(=O)c1cncc(Br)c1. The number of para-hydroxylation sites is 1. The summed E-state index contributed by atoms with van der Waals surface area (Å²) in [5.74, 6) is -0.610. The Labute approximate surface area is 136 Å². The van der Waals surface area contributed by atoms with Gasteiger partial charge in [0.05, 0.1) is 16.8 Å². The van der Waals surface area contributed by atoms with Crippen molar-refractivity contribution in [3.63, 3.8) is 0 Å². The average molecular weight is 360 g/mol.